The van der Waals surface area contributed by atoms with Gasteiger partial charge < -0.3 is 8.23 Å². The van der Waals surface area contributed by atoms with Crippen LogP contribution in [0.25, 0.3) is 0 Å². The lowest BCUT2D eigenvalue weighted by Crippen LogP contribution is -2.05. The Kier molecular flexibility index (Phi) is 8.60. The van der Waals surface area contributed by atoms with Gasteiger partial charge in [-0.3, -0.25) is 0 Å². The van der Waals surface area contributed by atoms with Gasteiger partial charge in [-0.1, -0.05) is 6.08 Å². The highest BCUT2D eigenvalue weighted by atomic mass is 28.3. The average Bonchev–Trinajstić information content (AvgIpc) is 1.89. The van der Waals surface area contributed by atoms with Crippen LogP contribution in [0.2, 0.25) is 6.04 Å². The molecule has 0 aliphatic carbocycles. The predicted molar refractivity (Wildman–Crippen MR) is 48.8 cm³/mol. The molecule has 0 aliphatic heterocycles. The molecule has 0 saturated heterocycles. The minimum atomic E-state index is -0.517. The van der Waals surface area contributed by atoms with Crippen molar-refractivity contribution < 1.29 is 8.23 Å². The third kappa shape index (κ3) is 8.31. The van der Waals surface area contributed by atoms with Gasteiger partial charge in [0.2, 0.25) is 0 Å². The Balaban J connectivity index is 2.66. The molecule has 0 aromatic rings. The Bertz CT molecular complexity index is 68.8. The maximum atomic E-state index is 5.33. The van der Waals surface area contributed by atoms with Gasteiger partial charge in [-0.15, -0.1) is 6.58 Å². The molecule has 0 radical (unpaired) electrons. The molecule has 9 heavy (non-hydrogen) atoms. The SMILES string of the molecule is C=CCC[SiH2]O[SiH2]O[SiH3]. The van der Waals surface area contributed by atoms with E-state index >= 15 is 0 Å². The molecule has 0 saturated carbocycles. The first-order valence-electron chi connectivity index (χ1n) is 3.09. The van der Waals surface area contributed by atoms with Gasteiger partial charge in [0.05, 0.1) is 0 Å². The zero-order valence-corrected chi connectivity index (χ0v) is 10.8. The van der Waals surface area contributed by atoms with Crippen LogP contribution < -0.4 is 0 Å². The van der Waals surface area contributed by atoms with Crippen LogP contribution in [0.1, 0.15) is 6.42 Å². The van der Waals surface area contributed by atoms with Crippen LogP contribution in [0.4, 0.5) is 0 Å². The van der Waals surface area contributed by atoms with Gasteiger partial charge in [0.15, 0.2) is 0 Å². The fourth-order valence-electron chi connectivity index (χ4n) is 0.472. The summed E-state index contributed by atoms with van der Waals surface area (Å²) >= 11 is 0. The Morgan fingerprint density at radius 3 is 3.00 bits per heavy atom. The summed E-state index contributed by atoms with van der Waals surface area (Å²) in [7, 11) is 0.107. The quantitative estimate of drug-likeness (QED) is 0.276. The van der Waals surface area contributed by atoms with Crippen molar-refractivity contribution in [3.8, 4) is 0 Å². The summed E-state index contributed by atoms with van der Waals surface area (Å²) < 4.78 is 10.3. The van der Waals surface area contributed by atoms with Gasteiger partial charge in [-0.05, 0) is 12.5 Å². The van der Waals surface area contributed by atoms with Crippen molar-refractivity contribution in [1.82, 2.24) is 0 Å². The van der Waals surface area contributed by atoms with E-state index in [-0.39, 0.29) is 9.76 Å². The summed E-state index contributed by atoms with van der Waals surface area (Å²) in [5.41, 5.74) is 0. The van der Waals surface area contributed by atoms with Gasteiger partial charge in [0.25, 0.3) is 10.0 Å². The van der Waals surface area contributed by atoms with Gasteiger partial charge in [0, 0.05) is 0 Å². The lowest BCUT2D eigenvalue weighted by Gasteiger charge is -1.98. The molecule has 0 amide bonds. The molecule has 0 spiro atoms. The molecule has 2 nitrogen and oxygen atoms in total. The fourth-order valence-corrected chi connectivity index (χ4v) is 4.38. The lowest BCUT2D eigenvalue weighted by atomic mass is 10.5. The van der Waals surface area contributed by atoms with E-state index in [9.17, 15) is 0 Å². The van der Waals surface area contributed by atoms with Crippen LogP contribution in [0.3, 0.4) is 0 Å². The second-order valence-electron chi connectivity index (χ2n) is 1.75. The summed E-state index contributed by atoms with van der Waals surface area (Å²) in [4.78, 5) is 0. The van der Waals surface area contributed by atoms with Crippen LogP contribution in [0, 0.1) is 0 Å². The van der Waals surface area contributed by atoms with E-state index in [1.807, 2.05) is 6.08 Å². The average molecular weight is 178 g/mol. The topological polar surface area (TPSA) is 18.5 Å². The van der Waals surface area contributed by atoms with Crippen LogP contribution in [0.5, 0.6) is 0 Å². The van der Waals surface area contributed by atoms with Crippen molar-refractivity contribution in [3.05, 3.63) is 12.7 Å². The van der Waals surface area contributed by atoms with E-state index in [1.165, 1.54) is 6.04 Å². The van der Waals surface area contributed by atoms with Crippen molar-refractivity contribution in [2.75, 3.05) is 0 Å². The normalized spacial score (nSPS) is 12.4. The van der Waals surface area contributed by atoms with Gasteiger partial charge in [0.1, 0.15) is 20.2 Å². The smallest absolute Gasteiger partial charge is 0.282 e. The van der Waals surface area contributed by atoms with Gasteiger partial charge in [-0.2, -0.15) is 0 Å². The van der Waals surface area contributed by atoms with Gasteiger partial charge in [-0.25, -0.2) is 0 Å². The van der Waals surface area contributed by atoms with Crippen molar-refractivity contribution in [3.63, 3.8) is 0 Å². The summed E-state index contributed by atoms with van der Waals surface area (Å²) in [5.74, 6) is 0. The zero-order valence-electron chi connectivity index (χ0n) is 5.93. The minimum Gasteiger partial charge on any atom is -0.449 e. The molecule has 0 aliphatic rings. The summed E-state index contributed by atoms with van der Waals surface area (Å²) in [6, 6.07) is 1.22. The van der Waals surface area contributed by atoms with Crippen LogP contribution in [-0.4, -0.2) is 30.3 Å². The van der Waals surface area contributed by atoms with E-state index in [0.717, 1.165) is 16.9 Å². The highest BCUT2D eigenvalue weighted by molar-refractivity contribution is 6.41. The van der Waals surface area contributed by atoms with Crippen LogP contribution in [0.15, 0.2) is 12.7 Å². The van der Waals surface area contributed by atoms with E-state index in [1.54, 1.807) is 0 Å². The Hall–Kier alpha value is 0.311. The molecule has 0 unspecified atom stereocenters. The highest BCUT2D eigenvalue weighted by Crippen LogP contribution is 1.87. The number of allylic oxidation sites excluding steroid dienone is 1. The third-order valence-corrected chi connectivity index (χ3v) is 4.36. The first kappa shape index (κ1) is 9.31. The van der Waals surface area contributed by atoms with E-state index in [0.29, 0.717) is 0 Å². The number of hydrogen-bond acceptors (Lipinski definition) is 2. The first-order chi connectivity index (χ1) is 4.41. The molecule has 0 heterocycles. The molecule has 0 atom stereocenters. The van der Waals surface area contributed by atoms with Gasteiger partial charge >= 0.3 is 0 Å². The molecule has 54 valence electrons. The second kappa shape index (κ2) is 8.31. The fraction of sp³-hybridized carbons (Fsp3) is 0.500. The minimum absolute atomic E-state index is 0.223. The third-order valence-electron chi connectivity index (χ3n) is 0.898. The van der Waals surface area contributed by atoms with Crippen molar-refractivity contribution in [2.45, 2.75) is 12.5 Å². The van der Waals surface area contributed by atoms with Crippen molar-refractivity contribution in [2.24, 2.45) is 0 Å². The molecular weight excluding hydrogens is 164 g/mol. The Labute approximate surface area is 64.2 Å². The number of hydrogen-bond donors (Lipinski definition) is 0. The summed E-state index contributed by atoms with van der Waals surface area (Å²) in [6.45, 7) is 3.63. The standard InChI is InChI=1S/C4H14O2Si3/c1-2-3-4-8-6-9-5-7/h2H,1,3-4,8-9H2,7H3. The van der Waals surface area contributed by atoms with E-state index in [4.69, 9.17) is 8.23 Å². The zero-order chi connectivity index (χ0) is 6.95. The molecule has 5 heteroatoms. The van der Waals surface area contributed by atoms with E-state index in [2.05, 4.69) is 6.58 Å². The summed E-state index contributed by atoms with van der Waals surface area (Å²) in [5, 5.41) is 0. The van der Waals surface area contributed by atoms with Crippen molar-refractivity contribution in [1.29, 1.82) is 0 Å². The second-order valence-corrected chi connectivity index (χ2v) is 7.04. The maximum absolute atomic E-state index is 5.33. The van der Waals surface area contributed by atoms with Crippen LogP contribution >= 0.6 is 0 Å². The maximum Gasteiger partial charge on any atom is 0.282 e. The lowest BCUT2D eigenvalue weighted by molar-refractivity contribution is 0.501. The van der Waals surface area contributed by atoms with Crippen LogP contribution in [-0.2, 0) is 8.23 Å². The monoisotopic (exact) mass is 178 g/mol. The first-order valence-corrected chi connectivity index (χ1v) is 6.64. The Morgan fingerprint density at radius 1 is 1.67 bits per heavy atom. The molecule has 0 fully saturated rings. The molecular formula is C4H14O2Si3. The summed E-state index contributed by atoms with van der Waals surface area (Å²) in [6.07, 6.45) is 3.06. The van der Waals surface area contributed by atoms with Crippen molar-refractivity contribution >= 4 is 30.3 Å². The molecule has 0 rings (SSSR count). The largest absolute Gasteiger partial charge is 0.449 e. The molecule has 0 bridgehead atoms. The predicted octanol–water partition coefficient (Wildman–Crippen LogP) is -1.62. The number of rotatable bonds is 6. The Morgan fingerprint density at radius 2 is 2.44 bits per heavy atom. The molecule has 0 N–H and O–H groups in total. The highest BCUT2D eigenvalue weighted by Gasteiger charge is 1.85. The molecule has 0 aromatic carbocycles. The molecule has 0 aromatic heterocycles. The van der Waals surface area contributed by atoms with E-state index < -0.39 is 10.0 Å².